The molecule has 1 aromatic carbocycles. The van der Waals surface area contributed by atoms with Gasteiger partial charge in [-0.1, -0.05) is 12.5 Å². The summed E-state index contributed by atoms with van der Waals surface area (Å²) in [5, 5.41) is 6.14. The van der Waals surface area contributed by atoms with Crippen LogP contribution in [0.25, 0.3) is 0 Å². The van der Waals surface area contributed by atoms with E-state index in [9.17, 15) is 9.59 Å². The number of ether oxygens (including phenoxy) is 1. The molecular formula is C20H24N2O3. The highest BCUT2D eigenvalue weighted by Crippen LogP contribution is 2.62. The fourth-order valence-electron chi connectivity index (χ4n) is 5.47. The van der Waals surface area contributed by atoms with Crippen molar-refractivity contribution in [3.63, 3.8) is 0 Å². The first kappa shape index (κ1) is 15.4. The van der Waals surface area contributed by atoms with Crippen LogP contribution in [0, 0.1) is 11.3 Å². The average molecular weight is 340 g/mol. The predicted octanol–water partition coefficient (Wildman–Crippen LogP) is 3.28. The van der Waals surface area contributed by atoms with Gasteiger partial charge in [0.25, 0.3) is 0 Å². The third-order valence-corrected chi connectivity index (χ3v) is 6.84. The van der Waals surface area contributed by atoms with Gasteiger partial charge in [-0.3, -0.25) is 4.79 Å². The molecule has 2 amide bonds. The van der Waals surface area contributed by atoms with Gasteiger partial charge in [0.05, 0.1) is 6.10 Å². The molecule has 4 aliphatic rings. The number of aryl methyl sites for hydroxylation is 1. The van der Waals surface area contributed by atoms with Crippen molar-refractivity contribution in [2.75, 3.05) is 11.9 Å². The number of hydrogen-bond acceptors (Lipinski definition) is 3. The zero-order valence-electron chi connectivity index (χ0n) is 14.3. The Morgan fingerprint density at radius 2 is 2.08 bits per heavy atom. The molecular weight excluding hydrogens is 316 g/mol. The standard InChI is InChI=1S/C20H24N2O3/c23-16-4-1-3-12-5-6-13(11-15(12)16)21-19(24)22-17-14-7-10-25-18(14)20(17)8-2-9-20/h5-6,11,14,17-18H,1-4,7-10H2,(H2,21,22,24)/t14-,17+,18+/m0/s1. The maximum Gasteiger partial charge on any atom is 0.319 e. The zero-order chi connectivity index (χ0) is 17.0. The number of fused-ring (bicyclic) bond motifs is 3. The number of amides is 2. The lowest BCUT2D eigenvalue weighted by molar-refractivity contribution is -0.171. The second-order valence-electron chi connectivity index (χ2n) is 8.06. The van der Waals surface area contributed by atoms with Crippen LogP contribution < -0.4 is 10.6 Å². The number of Topliss-reactive ketones (excluding diaryl/α,β-unsaturated/α-hetero) is 1. The Labute approximate surface area is 147 Å². The van der Waals surface area contributed by atoms with Gasteiger partial charge < -0.3 is 15.4 Å². The smallest absolute Gasteiger partial charge is 0.319 e. The normalized spacial score (nSPS) is 31.5. The van der Waals surface area contributed by atoms with Crippen molar-refractivity contribution in [3.05, 3.63) is 29.3 Å². The van der Waals surface area contributed by atoms with Crippen LogP contribution in [0.3, 0.4) is 0 Å². The third kappa shape index (κ3) is 2.25. The second kappa shape index (κ2) is 5.56. The van der Waals surface area contributed by atoms with E-state index < -0.39 is 0 Å². The van der Waals surface area contributed by atoms with Crippen molar-refractivity contribution in [3.8, 4) is 0 Å². The van der Waals surface area contributed by atoms with Gasteiger partial charge in [0.2, 0.25) is 0 Å². The zero-order valence-corrected chi connectivity index (χ0v) is 14.3. The maximum absolute atomic E-state index is 12.5. The summed E-state index contributed by atoms with van der Waals surface area (Å²) < 4.78 is 5.90. The molecule has 5 heteroatoms. The van der Waals surface area contributed by atoms with Crippen molar-refractivity contribution >= 4 is 17.5 Å². The number of anilines is 1. The Morgan fingerprint density at radius 1 is 1.20 bits per heavy atom. The number of nitrogens with one attached hydrogen (secondary N) is 2. The molecule has 1 aliphatic heterocycles. The van der Waals surface area contributed by atoms with Gasteiger partial charge >= 0.3 is 6.03 Å². The summed E-state index contributed by atoms with van der Waals surface area (Å²) in [6, 6.07) is 5.77. The molecule has 0 radical (unpaired) electrons. The van der Waals surface area contributed by atoms with E-state index in [1.807, 2.05) is 18.2 Å². The van der Waals surface area contributed by atoms with Crippen LogP contribution in [-0.4, -0.2) is 30.6 Å². The van der Waals surface area contributed by atoms with Crippen LogP contribution in [0.1, 0.15) is 54.4 Å². The predicted molar refractivity (Wildman–Crippen MR) is 93.8 cm³/mol. The van der Waals surface area contributed by atoms with E-state index in [0.29, 0.717) is 24.1 Å². The first-order chi connectivity index (χ1) is 12.2. The van der Waals surface area contributed by atoms with Gasteiger partial charge in [0.15, 0.2) is 5.78 Å². The Morgan fingerprint density at radius 3 is 2.88 bits per heavy atom. The molecule has 3 fully saturated rings. The van der Waals surface area contributed by atoms with Crippen molar-refractivity contribution in [2.45, 2.75) is 57.1 Å². The quantitative estimate of drug-likeness (QED) is 0.868. The van der Waals surface area contributed by atoms with E-state index in [4.69, 9.17) is 4.74 Å². The summed E-state index contributed by atoms with van der Waals surface area (Å²) >= 11 is 0. The highest BCUT2D eigenvalue weighted by atomic mass is 16.5. The Bertz CT molecular complexity index is 740. The van der Waals surface area contributed by atoms with Crippen LogP contribution >= 0.6 is 0 Å². The minimum Gasteiger partial charge on any atom is -0.377 e. The lowest BCUT2D eigenvalue weighted by Crippen LogP contribution is -2.72. The van der Waals surface area contributed by atoms with E-state index >= 15 is 0 Å². The van der Waals surface area contributed by atoms with Crippen LogP contribution in [0.2, 0.25) is 0 Å². The monoisotopic (exact) mass is 340 g/mol. The lowest BCUT2D eigenvalue weighted by atomic mass is 9.46. The summed E-state index contributed by atoms with van der Waals surface area (Å²) in [6.07, 6.45) is 7.43. The van der Waals surface area contributed by atoms with E-state index in [1.165, 1.54) is 6.42 Å². The Balaban J connectivity index is 1.28. The number of carbonyl (C=O) groups is 2. The molecule has 2 saturated carbocycles. The molecule has 5 rings (SSSR count). The van der Waals surface area contributed by atoms with E-state index in [1.54, 1.807) is 0 Å². The molecule has 2 N–H and O–H groups in total. The molecule has 0 bridgehead atoms. The molecule has 0 aromatic heterocycles. The molecule has 1 saturated heterocycles. The van der Waals surface area contributed by atoms with Gasteiger partial charge in [-0.05, 0) is 49.8 Å². The molecule has 1 spiro atoms. The van der Waals surface area contributed by atoms with E-state index in [0.717, 1.165) is 49.8 Å². The highest BCUT2D eigenvalue weighted by Gasteiger charge is 2.66. The lowest BCUT2D eigenvalue weighted by Gasteiger charge is -2.63. The topological polar surface area (TPSA) is 67.4 Å². The van der Waals surface area contributed by atoms with Crippen molar-refractivity contribution in [2.24, 2.45) is 11.3 Å². The maximum atomic E-state index is 12.5. The summed E-state index contributed by atoms with van der Waals surface area (Å²) in [4.78, 5) is 24.6. The Hall–Kier alpha value is -1.88. The first-order valence-corrected chi connectivity index (χ1v) is 9.53. The van der Waals surface area contributed by atoms with E-state index in [-0.39, 0.29) is 23.3 Å². The number of ketones is 1. The van der Waals surface area contributed by atoms with Crippen LogP contribution in [0.4, 0.5) is 10.5 Å². The second-order valence-corrected chi connectivity index (χ2v) is 8.06. The first-order valence-electron chi connectivity index (χ1n) is 9.53. The van der Waals surface area contributed by atoms with Crippen LogP contribution in [0.5, 0.6) is 0 Å². The molecule has 25 heavy (non-hydrogen) atoms. The van der Waals surface area contributed by atoms with Crippen molar-refractivity contribution in [1.29, 1.82) is 0 Å². The number of urea groups is 1. The van der Waals surface area contributed by atoms with E-state index in [2.05, 4.69) is 10.6 Å². The fourth-order valence-corrected chi connectivity index (χ4v) is 5.47. The van der Waals surface area contributed by atoms with Gasteiger partial charge in [0, 0.05) is 41.7 Å². The minimum absolute atomic E-state index is 0.162. The van der Waals surface area contributed by atoms with Gasteiger partial charge in [-0.15, -0.1) is 0 Å². The van der Waals surface area contributed by atoms with Gasteiger partial charge in [-0.25, -0.2) is 4.79 Å². The van der Waals surface area contributed by atoms with Crippen LogP contribution in [-0.2, 0) is 11.2 Å². The van der Waals surface area contributed by atoms with Crippen LogP contribution in [0.15, 0.2) is 18.2 Å². The number of carbonyl (C=O) groups excluding carboxylic acids is 2. The minimum atomic E-state index is -0.162. The molecule has 1 heterocycles. The summed E-state index contributed by atoms with van der Waals surface area (Å²) in [5.41, 5.74) is 2.75. The van der Waals surface area contributed by atoms with Crippen molar-refractivity contribution in [1.82, 2.24) is 5.32 Å². The molecule has 132 valence electrons. The molecule has 1 aromatic rings. The van der Waals surface area contributed by atoms with Gasteiger partial charge in [-0.2, -0.15) is 0 Å². The SMILES string of the molecule is O=C(Nc1ccc2c(c1)C(=O)CCC2)N[C@@H]1[C@@H]2CCO[C@H]2C12CCC2. The summed E-state index contributed by atoms with van der Waals surface area (Å²) in [6.45, 7) is 0.823. The largest absolute Gasteiger partial charge is 0.377 e. The summed E-state index contributed by atoms with van der Waals surface area (Å²) in [7, 11) is 0. The fraction of sp³-hybridized carbons (Fsp3) is 0.600. The van der Waals surface area contributed by atoms with Gasteiger partial charge in [0.1, 0.15) is 0 Å². The number of rotatable bonds is 2. The highest BCUT2D eigenvalue weighted by molar-refractivity contribution is 6.00. The number of benzene rings is 1. The van der Waals surface area contributed by atoms with Crippen molar-refractivity contribution < 1.29 is 14.3 Å². The molecule has 0 unspecified atom stereocenters. The molecule has 3 atom stereocenters. The Kier molecular flexibility index (Phi) is 3.42. The summed E-state index contributed by atoms with van der Waals surface area (Å²) in [5.74, 6) is 0.653. The average Bonchev–Trinajstić information content (AvgIpc) is 2.97. The third-order valence-electron chi connectivity index (χ3n) is 6.84. The number of hydrogen-bond donors (Lipinski definition) is 2. The molecule has 5 nitrogen and oxygen atoms in total. The molecule has 3 aliphatic carbocycles.